The molecule has 0 saturated carbocycles. The predicted molar refractivity (Wildman–Crippen MR) is 43.8 cm³/mol. The lowest BCUT2D eigenvalue weighted by Crippen LogP contribution is -2.19. The third kappa shape index (κ3) is 2.70. The summed E-state index contributed by atoms with van der Waals surface area (Å²) in [6, 6.07) is 2.92. The van der Waals surface area contributed by atoms with Crippen LogP contribution < -0.4 is 10.5 Å². The topological polar surface area (TPSA) is 59.1 Å². The van der Waals surface area contributed by atoms with Crippen LogP contribution in [0.3, 0.4) is 0 Å². The summed E-state index contributed by atoms with van der Waals surface area (Å²) in [6.45, 7) is -0.206. The molecule has 0 unspecified atom stereocenters. The Morgan fingerprint density at radius 2 is 2.15 bits per heavy atom. The zero-order valence-corrected chi connectivity index (χ0v) is 6.68. The van der Waals surface area contributed by atoms with E-state index in [4.69, 9.17) is 15.9 Å². The molecule has 0 amide bonds. The van der Waals surface area contributed by atoms with Crippen LogP contribution >= 0.6 is 0 Å². The summed E-state index contributed by atoms with van der Waals surface area (Å²) in [4.78, 5) is 0. The molecule has 1 aromatic rings. The van der Waals surface area contributed by atoms with Crippen molar-refractivity contribution in [1.29, 1.82) is 5.41 Å². The highest BCUT2D eigenvalue weighted by atomic mass is 19.1. The summed E-state index contributed by atoms with van der Waals surface area (Å²) in [5.41, 5.74) is 4.98. The lowest BCUT2D eigenvalue weighted by molar-refractivity contribution is 0.350. The molecule has 0 aliphatic rings. The highest BCUT2D eigenvalue weighted by Gasteiger charge is 2.04. The van der Waals surface area contributed by atoms with Crippen molar-refractivity contribution in [3.05, 3.63) is 29.8 Å². The monoisotopic (exact) mass is 186 g/mol. The van der Waals surface area contributed by atoms with Gasteiger partial charge in [-0.05, 0) is 12.1 Å². The standard InChI is InChI=1S/C8H8F2N2O/c9-5-1-2-7(6(10)3-5)13-4-8(11)12/h1-3H,4H2,(H3,11,12). The number of halogens is 2. The minimum Gasteiger partial charge on any atom is -0.483 e. The summed E-state index contributed by atoms with van der Waals surface area (Å²) < 4.78 is 30.0. The maximum Gasteiger partial charge on any atom is 0.167 e. The molecular formula is C8H8F2N2O. The number of ether oxygens (including phenoxy) is 1. The first kappa shape index (κ1) is 9.44. The first-order valence-corrected chi connectivity index (χ1v) is 3.50. The van der Waals surface area contributed by atoms with Crippen molar-refractivity contribution >= 4 is 5.84 Å². The van der Waals surface area contributed by atoms with Crippen LogP contribution in [0.2, 0.25) is 0 Å². The Hall–Kier alpha value is -1.65. The van der Waals surface area contributed by atoms with Crippen molar-refractivity contribution in [3.8, 4) is 5.75 Å². The van der Waals surface area contributed by atoms with Gasteiger partial charge in [-0.15, -0.1) is 0 Å². The number of nitrogens with one attached hydrogen (secondary N) is 1. The van der Waals surface area contributed by atoms with Gasteiger partial charge in [-0.25, -0.2) is 8.78 Å². The Kier molecular flexibility index (Phi) is 2.79. The molecule has 5 heteroatoms. The molecule has 3 nitrogen and oxygen atoms in total. The molecule has 0 aliphatic carbocycles. The highest BCUT2D eigenvalue weighted by molar-refractivity contribution is 5.78. The molecule has 70 valence electrons. The summed E-state index contributed by atoms with van der Waals surface area (Å²) in [6.07, 6.45) is 0. The van der Waals surface area contributed by atoms with E-state index in [0.29, 0.717) is 6.07 Å². The molecule has 0 atom stereocenters. The zero-order valence-electron chi connectivity index (χ0n) is 6.68. The quantitative estimate of drug-likeness (QED) is 0.551. The van der Waals surface area contributed by atoms with Gasteiger partial charge in [-0.3, -0.25) is 5.41 Å². The molecule has 1 aromatic carbocycles. The van der Waals surface area contributed by atoms with Gasteiger partial charge in [-0.2, -0.15) is 0 Å². The molecule has 0 saturated heterocycles. The van der Waals surface area contributed by atoms with E-state index in [-0.39, 0.29) is 18.2 Å². The second-order valence-corrected chi connectivity index (χ2v) is 2.39. The summed E-state index contributed by atoms with van der Waals surface area (Å²) in [5.74, 6) is -1.81. The normalized spacial score (nSPS) is 9.69. The molecule has 0 fully saturated rings. The number of benzene rings is 1. The fourth-order valence-corrected chi connectivity index (χ4v) is 0.748. The molecule has 3 N–H and O–H groups in total. The number of rotatable bonds is 3. The number of amidine groups is 1. The average molecular weight is 186 g/mol. The lowest BCUT2D eigenvalue weighted by Gasteiger charge is -2.05. The molecule has 13 heavy (non-hydrogen) atoms. The van der Waals surface area contributed by atoms with Crippen molar-refractivity contribution in [3.63, 3.8) is 0 Å². The van der Waals surface area contributed by atoms with Crippen LogP contribution in [0.5, 0.6) is 5.75 Å². The fraction of sp³-hybridized carbons (Fsp3) is 0.125. The zero-order chi connectivity index (χ0) is 9.84. The second-order valence-electron chi connectivity index (χ2n) is 2.39. The van der Waals surface area contributed by atoms with E-state index in [1.807, 2.05) is 0 Å². The summed E-state index contributed by atoms with van der Waals surface area (Å²) in [7, 11) is 0. The second kappa shape index (κ2) is 3.84. The van der Waals surface area contributed by atoms with Crippen LogP contribution in [0.25, 0.3) is 0 Å². The Morgan fingerprint density at radius 3 is 2.69 bits per heavy atom. The van der Waals surface area contributed by atoms with Crippen molar-refractivity contribution in [2.75, 3.05) is 6.61 Å². The van der Waals surface area contributed by atoms with E-state index in [1.165, 1.54) is 0 Å². The van der Waals surface area contributed by atoms with E-state index in [9.17, 15) is 8.78 Å². The average Bonchev–Trinajstić information content (AvgIpc) is 2.02. The maximum absolute atomic E-state index is 12.8. The van der Waals surface area contributed by atoms with Gasteiger partial charge in [0.05, 0.1) is 0 Å². The van der Waals surface area contributed by atoms with Crippen LogP contribution in [0.1, 0.15) is 0 Å². The minimum atomic E-state index is -0.804. The molecule has 0 radical (unpaired) electrons. The van der Waals surface area contributed by atoms with Crippen molar-refractivity contribution < 1.29 is 13.5 Å². The summed E-state index contributed by atoms with van der Waals surface area (Å²) >= 11 is 0. The number of nitrogens with two attached hydrogens (primary N) is 1. The van der Waals surface area contributed by atoms with Gasteiger partial charge in [0.15, 0.2) is 11.6 Å². The molecular weight excluding hydrogens is 178 g/mol. The molecule has 0 aliphatic heterocycles. The maximum atomic E-state index is 12.8. The fourth-order valence-electron chi connectivity index (χ4n) is 0.748. The Labute approximate surface area is 73.6 Å². The van der Waals surface area contributed by atoms with Crippen LogP contribution in [0.15, 0.2) is 18.2 Å². The first-order chi connectivity index (χ1) is 6.09. The minimum absolute atomic E-state index is 0.114. The van der Waals surface area contributed by atoms with E-state index in [2.05, 4.69) is 0 Å². The molecule has 0 heterocycles. The van der Waals surface area contributed by atoms with Gasteiger partial charge in [-0.1, -0.05) is 0 Å². The predicted octanol–water partition coefficient (Wildman–Crippen LogP) is 1.28. The van der Waals surface area contributed by atoms with E-state index in [0.717, 1.165) is 12.1 Å². The van der Waals surface area contributed by atoms with Gasteiger partial charge in [0, 0.05) is 6.07 Å². The van der Waals surface area contributed by atoms with E-state index >= 15 is 0 Å². The van der Waals surface area contributed by atoms with E-state index in [1.54, 1.807) is 0 Å². The lowest BCUT2D eigenvalue weighted by atomic mass is 10.3. The van der Waals surface area contributed by atoms with Crippen LogP contribution in [0.4, 0.5) is 8.78 Å². The van der Waals surface area contributed by atoms with E-state index < -0.39 is 11.6 Å². The van der Waals surface area contributed by atoms with Gasteiger partial charge in [0.1, 0.15) is 18.3 Å². The first-order valence-electron chi connectivity index (χ1n) is 3.50. The van der Waals surface area contributed by atoms with Crippen LogP contribution in [0, 0.1) is 17.0 Å². The number of hydrogen-bond donors (Lipinski definition) is 2. The Balaban J connectivity index is 2.72. The van der Waals surface area contributed by atoms with Gasteiger partial charge < -0.3 is 10.5 Å². The van der Waals surface area contributed by atoms with Crippen molar-refractivity contribution in [2.24, 2.45) is 5.73 Å². The van der Waals surface area contributed by atoms with Gasteiger partial charge >= 0.3 is 0 Å². The third-order valence-electron chi connectivity index (χ3n) is 1.28. The van der Waals surface area contributed by atoms with Gasteiger partial charge in [0.25, 0.3) is 0 Å². The SMILES string of the molecule is N=C(N)COc1ccc(F)cc1F. The van der Waals surface area contributed by atoms with Crippen molar-refractivity contribution in [1.82, 2.24) is 0 Å². The number of hydrogen-bond acceptors (Lipinski definition) is 2. The third-order valence-corrected chi connectivity index (χ3v) is 1.28. The Bertz CT molecular complexity index is 328. The van der Waals surface area contributed by atoms with Crippen molar-refractivity contribution in [2.45, 2.75) is 0 Å². The van der Waals surface area contributed by atoms with Crippen LogP contribution in [-0.2, 0) is 0 Å². The smallest absolute Gasteiger partial charge is 0.167 e. The molecule has 0 spiro atoms. The highest BCUT2D eigenvalue weighted by Crippen LogP contribution is 2.17. The molecule has 0 bridgehead atoms. The largest absolute Gasteiger partial charge is 0.483 e. The Morgan fingerprint density at radius 1 is 1.46 bits per heavy atom. The van der Waals surface area contributed by atoms with Gasteiger partial charge in [0.2, 0.25) is 0 Å². The summed E-state index contributed by atoms with van der Waals surface area (Å²) in [5, 5.41) is 6.81. The van der Waals surface area contributed by atoms with Crippen LogP contribution in [-0.4, -0.2) is 12.4 Å². The molecule has 0 aromatic heterocycles. The molecule has 1 rings (SSSR count).